The zero-order valence-electron chi connectivity index (χ0n) is 11.7. The summed E-state index contributed by atoms with van der Waals surface area (Å²) in [7, 11) is 1.53. The highest BCUT2D eigenvalue weighted by Crippen LogP contribution is 2.31. The van der Waals surface area contributed by atoms with Gasteiger partial charge in [0.2, 0.25) is 0 Å². The minimum Gasteiger partial charge on any atom is -0.496 e. The van der Waals surface area contributed by atoms with Crippen molar-refractivity contribution in [2.45, 2.75) is 25.7 Å². The van der Waals surface area contributed by atoms with Crippen molar-refractivity contribution in [3.63, 3.8) is 0 Å². The average Bonchev–Trinajstić information content (AvgIpc) is 2.91. The molecule has 1 heterocycles. The molecule has 3 N–H and O–H groups in total. The van der Waals surface area contributed by atoms with E-state index in [1.54, 1.807) is 18.3 Å². The number of ether oxygens (including phenoxy) is 1. The summed E-state index contributed by atoms with van der Waals surface area (Å²) < 4.78 is 19.1. The number of H-pyrrole nitrogens is 1. The van der Waals surface area contributed by atoms with Crippen LogP contribution < -0.4 is 10.5 Å². The van der Waals surface area contributed by atoms with E-state index in [0.717, 1.165) is 38.1 Å². The SMILES string of the molecule is COc1cccc(F)c1-c1cnc(CCCCCN)[nH]1. The van der Waals surface area contributed by atoms with Gasteiger partial charge in [0.15, 0.2) is 0 Å². The molecule has 20 heavy (non-hydrogen) atoms. The Labute approximate surface area is 118 Å². The van der Waals surface area contributed by atoms with Crippen LogP contribution in [0.2, 0.25) is 0 Å². The van der Waals surface area contributed by atoms with Crippen LogP contribution in [0.25, 0.3) is 11.3 Å². The summed E-state index contributed by atoms with van der Waals surface area (Å²) in [5.41, 5.74) is 6.53. The summed E-state index contributed by atoms with van der Waals surface area (Å²) in [5, 5.41) is 0. The Bertz CT molecular complexity index is 554. The van der Waals surface area contributed by atoms with Crippen molar-refractivity contribution in [1.82, 2.24) is 9.97 Å². The van der Waals surface area contributed by atoms with Crippen molar-refractivity contribution < 1.29 is 9.13 Å². The number of aromatic nitrogens is 2. The molecule has 0 radical (unpaired) electrons. The lowest BCUT2D eigenvalue weighted by atomic mass is 10.1. The minimum absolute atomic E-state index is 0.317. The normalized spacial score (nSPS) is 10.8. The third kappa shape index (κ3) is 3.36. The van der Waals surface area contributed by atoms with Gasteiger partial charge in [-0.1, -0.05) is 12.5 Å². The number of rotatable bonds is 7. The molecule has 0 amide bonds. The van der Waals surface area contributed by atoms with Crippen LogP contribution in [0, 0.1) is 5.82 Å². The molecule has 0 spiro atoms. The quantitative estimate of drug-likeness (QED) is 0.765. The number of hydrogen-bond donors (Lipinski definition) is 2. The maximum atomic E-state index is 13.9. The summed E-state index contributed by atoms with van der Waals surface area (Å²) in [5.74, 6) is 1.05. The van der Waals surface area contributed by atoms with Gasteiger partial charge in [-0.3, -0.25) is 0 Å². The van der Waals surface area contributed by atoms with Crippen molar-refractivity contribution in [3.8, 4) is 17.0 Å². The van der Waals surface area contributed by atoms with E-state index in [-0.39, 0.29) is 5.82 Å². The molecule has 0 unspecified atom stereocenters. The Morgan fingerprint density at radius 1 is 1.30 bits per heavy atom. The van der Waals surface area contributed by atoms with E-state index in [2.05, 4.69) is 9.97 Å². The number of nitrogens with one attached hydrogen (secondary N) is 1. The van der Waals surface area contributed by atoms with Crippen molar-refractivity contribution in [3.05, 3.63) is 36.0 Å². The number of nitrogens with zero attached hydrogens (tertiary/aromatic N) is 1. The maximum Gasteiger partial charge on any atom is 0.136 e. The topological polar surface area (TPSA) is 63.9 Å². The van der Waals surface area contributed by atoms with Gasteiger partial charge >= 0.3 is 0 Å². The highest BCUT2D eigenvalue weighted by atomic mass is 19.1. The highest BCUT2D eigenvalue weighted by molar-refractivity contribution is 5.67. The molecule has 108 valence electrons. The molecule has 5 heteroatoms. The maximum absolute atomic E-state index is 13.9. The van der Waals surface area contributed by atoms with Gasteiger partial charge in [0, 0.05) is 6.42 Å². The van der Waals surface area contributed by atoms with E-state index in [1.165, 1.54) is 13.2 Å². The molecule has 0 saturated carbocycles. The number of aromatic amines is 1. The largest absolute Gasteiger partial charge is 0.496 e. The van der Waals surface area contributed by atoms with Gasteiger partial charge in [-0.2, -0.15) is 0 Å². The first kappa shape index (κ1) is 14.5. The standard InChI is InChI=1S/C15H20FN3O/c1-20-13-7-5-6-11(16)15(13)12-10-18-14(19-12)8-3-2-4-9-17/h5-7,10H,2-4,8-9,17H2,1H3,(H,18,19). The van der Waals surface area contributed by atoms with Crippen molar-refractivity contribution in [1.29, 1.82) is 0 Å². The fraction of sp³-hybridized carbons (Fsp3) is 0.400. The first-order chi connectivity index (χ1) is 9.76. The first-order valence-electron chi connectivity index (χ1n) is 6.83. The van der Waals surface area contributed by atoms with E-state index in [1.807, 2.05) is 0 Å². The van der Waals surface area contributed by atoms with Crippen LogP contribution in [-0.4, -0.2) is 23.6 Å². The van der Waals surface area contributed by atoms with Gasteiger partial charge in [-0.25, -0.2) is 9.37 Å². The van der Waals surface area contributed by atoms with E-state index >= 15 is 0 Å². The molecule has 1 aromatic heterocycles. The molecular weight excluding hydrogens is 257 g/mol. The second kappa shape index (κ2) is 7.05. The number of benzene rings is 1. The number of halogens is 1. The summed E-state index contributed by atoms with van der Waals surface area (Å²) in [6, 6.07) is 4.78. The van der Waals surface area contributed by atoms with Gasteiger partial charge in [-0.05, 0) is 31.5 Å². The number of methoxy groups -OCH3 is 1. The van der Waals surface area contributed by atoms with Gasteiger partial charge < -0.3 is 15.5 Å². The molecule has 1 aromatic carbocycles. The van der Waals surface area contributed by atoms with Gasteiger partial charge in [0.25, 0.3) is 0 Å². The predicted molar refractivity (Wildman–Crippen MR) is 77.1 cm³/mol. The van der Waals surface area contributed by atoms with Crippen LogP contribution in [0.5, 0.6) is 5.75 Å². The van der Waals surface area contributed by atoms with E-state index in [4.69, 9.17) is 10.5 Å². The lowest BCUT2D eigenvalue weighted by Gasteiger charge is -2.07. The molecule has 2 aromatic rings. The van der Waals surface area contributed by atoms with Crippen molar-refractivity contribution in [2.24, 2.45) is 5.73 Å². The summed E-state index contributed by atoms with van der Waals surface area (Å²) >= 11 is 0. The number of imidazole rings is 1. The lowest BCUT2D eigenvalue weighted by molar-refractivity contribution is 0.413. The molecular formula is C15H20FN3O. The van der Waals surface area contributed by atoms with E-state index in [0.29, 0.717) is 17.0 Å². The highest BCUT2D eigenvalue weighted by Gasteiger charge is 2.13. The van der Waals surface area contributed by atoms with Crippen LogP contribution in [0.3, 0.4) is 0 Å². The Kier molecular flexibility index (Phi) is 5.12. The van der Waals surface area contributed by atoms with Crippen LogP contribution in [0.1, 0.15) is 25.1 Å². The molecule has 0 fully saturated rings. The number of nitrogens with two attached hydrogens (primary N) is 1. The fourth-order valence-electron chi connectivity index (χ4n) is 2.17. The molecule has 0 aliphatic carbocycles. The molecule has 0 aliphatic rings. The number of hydrogen-bond acceptors (Lipinski definition) is 3. The third-order valence-electron chi connectivity index (χ3n) is 3.21. The number of aryl methyl sites for hydroxylation is 1. The second-order valence-electron chi connectivity index (χ2n) is 4.66. The number of unbranched alkanes of at least 4 members (excludes halogenated alkanes) is 2. The minimum atomic E-state index is -0.317. The van der Waals surface area contributed by atoms with Gasteiger partial charge in [-0.15, -0.1) is 0 Å². The van der Waals surface area contributed by atoms with Crippen LogP contribution in [-0.2, 0) is 6.42 Å². The second-order valence-corrected chi connectivity index (χ2v) is 4.66. The summed E-state index contributed by atoms with van der Waals surface area (Å²) in [6.07, 6.45) is 5.62. The van der Waals surface area contributed by atoms with Gasteiger partial charge in [0.1, 0.15) is 17.4 Å². The Balaban J connectivity index is 2.12. The van der Waals surface area contributed by atoms with Crippen molar-refractivity contribution >= 4 is 0 Å². The van der Waals surface area contributed by atoms with E-state index in [9.17, 15) is 4.39 Å². The van der Waals surface area contributed by atoms with Gasteiger partial charge in [0.05, 0.1) is 24.6 Å². The lowest BCUT2D eigenvalue weighted by Crippen LogP contribution is -1.98. The fourth-order valence-corrected chi connectivity index (χ4v) is 2.17. The zero-order valence-corrected chi connectivity index (χ0v) is 11.7. The molecule has 0 atom stereocenters. The first-order valence-corrected chi connectivity index (χ1v) is 6.83. The van der Waals surface area contributed by atoms with Crippen LogP contribution in [0.4, 0.5) is 4.39 Å². The Hall–Kier alpha value is -1.88. The molecule has 0 saturated heterocycles. The molecule has 2 rings (SSSR count). The molecule has 0 bridgehead atoms. The zero-order chi connectivity index (χ0) is 14.4. The third-order valence-corrected chi connectivity index (χ3v) is 3.21. The van der Waals surface area contributed by atoms with Crippen LogP contribution >= 0.6 is 0 Å². The predicted octanol–water partition coefficient (Wildman–Crippen LogP) is 2.90. The molecule has 0 aliphatic heterocycles. The summed E-state index contributed by atoms with van der Waals surface area (Å²) in [6.45, 7) is 0.718. The van der Waals surface area contributed by atoms with Crippen LogP contribution in [0.15, 0.2) is 24.4 Å². The summed E-state index contributed by atoms with van der Waals surface area (Å²) in [4.78, 5) is 7.46. The Morgan fingerprint density at radius 3 is 2.90 bits per heavy atom. The smallest absolute Gasteiger partial charge is 0.136 e. The van der Waals surface area contributed by atoms with E-state index < -0.39 is 0 Å². The monoisotopic (exact) mass is 277 g/mol. The Morgan fingerprint density at radius 2 is 2.15 bits per heavy atom. The van der Waals surface area contributed by atoms with Crippen molar-refractivity contribution in [2.75, 3.05) is 13.7 Å². The average molecular weight is 277 g/mol. The molecule has 4 nitrogen and oxygen atoms in total.